The first-order valence-corrected chi connectivity index (χ1v) is 11.0. The van der Waals surface area contributed by atoms with Gasteiger partial charge in [-0.1, -0.05) is 12.1 Å². The fourth-order valence-corrected chi connectivity index (χ4v) is 4.25. The van der Waals surface area contributed by atoms with Crippen LogP contribution in [-0.2, 0) is 6.54 Å². The summed E-state index contributed by atoms with van der Waals surface area (Å²) in [4.78, 5) is 23.5. The number of fused-ring (bicyclic) bond motifs is 2. The van der Waals surface area contributed by atoms with E-state index in [1.807, 2.05) is 42.9 Å². The van der Waals surface area contributed by atoms with Crippen LogP contribution in [0.5, 0.6) is 0 Å². The monoisotopic (exact) mass is 446 g/mol. The predicted octanol–water partition coefficient (Wildman–Crippen LogP) is 4.69. The topological polar surface area (TPSA) is 99.3 Å². The average Bonchev–Trinajstić information content (AvgIpc) is 3.48. The van der Waals surface area contributed by atoms with Crippen molar-refractivity contribution >= 4 is 22.1 Å². The van der Waals surface area contributed by atoms with Gasteiger partial charge in [-0.05, 0) is 55.6 Å². The van der Waals surface area contributed by atoms with Crippen molar-refractivity contribution in [3.63, 3.8) is 0 Å². The summed E-state index contributed by atoms with van der Waals surface area (Å²) in [6.45, 7) is 0.839. The lowest BCUT2D eigenvalue weighted by Gasteiger charge is -2.10. The second kappa shape index (κ2) is 8.17. The summed E-state index contributed by atoms with van der Waals surface area (Å²) in [5, 5.41) is 8.69. The Morgan fingerprint density at radius 2 is 1.79 bits per heavy atom. The number of nitrogens with one attached hydrogen (secondary N) is 2. The first-order valence-electron chi connectivity index (χ1n) is 11.0. The van der Waals surface area contributed by atoms with E-state index in [0.717, 1.165) is 50.9 Å². The van der Waals surface area contributed by atoms with E-state index >= 15 is 0 Å². The molecule has 0 spiro atoms. The third-order valence-corrected chi connectivity index (χ3v) is 5.77. The smallest absolute Gasteiger partial charge is 0.160 e. The largest absolute Gasteiger partial charge is 0.321 e. The van der Waals surface area contributed by atoms with E-state index in [4.69, 9.17) is 4.98 Å². The van der Waals surface area contributed by atoms with Crippen molar-refractivity contribution in [3.8, 4) is 33.8 Å². The van der Waals surface area contributed by atoms with Crippen molar-refractivity contribution in [2.24, 2.45) is 0 Å². The molecule has 5 heterocycles. The molecule has 1 aromatic carbocycles. The molecule has 8 heteroatoms. The summed E-state index contributed by atoms with van der Waals surface area (Å²) in [6, 6.07) is 14.3. The third kappa shape index (κ3) is 3.60. The summed E-state index contributed by atoms with van der Waals surface area (Å²) in [5.41, 5.74) is 8.48. The lowest BCUT2D eigenvalue weighted by Crippen LogP contribution is -2.10. The van der Waals surface area contributed by atoms with E-state index < -0.39 is 0 Å². The molecule has 0 atom stereocenters. The number of imidazole rings is 1. The van der Waals surface area contributed by atoms with Crippen LogP contribution in [0.3, 0.4) is 0 Å². The molecule has 0 fully saturated rings. The van der Waals surface area contributed by atoms with Crippen LogP contribution in [0, 0.1) is 0 Å². The van der Waals surface area contributed by atoms with Gasteiger partial charge in [0.15, 0.2) is 11.5 Å². The van der Waals surface area contributed by atoms with Gasteiger partial charge in [-0.25, -0.2) is 9.97 Å². The van der Waals surface area contributed by atoms with E-state index in [0.29, 0.717) is 11.5 Å². The van der Waals surface area contributed by atoms with Crippen molar-refractivity contribution in [2.45, 2.75) is 6.54 Å². The maximum absolute atomic E-state index is 4.88. The molecule has 0 amide bonds. The molecule has 8 nitrogen and oxygen atoms in total. The summed E-state index contributed by atoms with van der Waals surface area (Å²) < 4.78 is 0. The second-order valence-electron chi connectivity index (χ2n) is 8.54. The average molecular weight is 447 g/mol. The Balaban J connectivity index is 1.45. The molecule has 0 unspecified atom stereocenters. The minimum absolute atomic E-state index is 0.668. The van der Waals surface area contributed by atoms with Crippen molar-refractivity contribution in [1.29, 1.82) is 0 Å². The minimum atomic E-state index is 0.668. The van der Waals surface area contributed by atoms with Gasteiger partial charge in [0.1, 0.15) is 11.2 Å². The Morgan fingerprint density at radius 3 is 2.65 bits per heavy atom. The predicted molar refractivity (Wildman–Crippen MR) is 133 cm³/mol. The van der Waals surface area contributed by atoms with Crippen molar-refractivity contribution in [2.75, 3.05) is 14.1 Å². The summed E-state index contributed by atoms with van der Waals surface area (Å²) >= 11 is 0. The van der Waals surface area contributed by atoms with Gasteiger partial charge in [0.05, 0.1) is 5.52 Å². The van der Waals surface area contributed by atoms with Gasteiger partial charge in [-0.15, -0.1) is 0 Å². The zero-order valence-electron chi connectivity index (χ0n) is 18.8. The Bertz CT molecular complexity index is 1610. The van der Waals surface area contributed by atoms with Gasteiger partial charge in [-0.3, -0.25) is 15.1 Å². The van der Waals surface area contributed by atoms with Gasteiger partial charge < -0.3 is 9.88 Å². The van der Waals surface area contributed by atoms with E-state index in [1.165, 1.54) is 5.56 Å². The molecule has 6 aromatic rings. The van der Waals surface area contributed by atoms with Crippen LogP contribution in [-0.4, -0.2) is 54.1 Å². The molecular formula is C26H22N8. The first-order chi connectivity index (χ1) is 16.7. The zero-order chi connectivity index (χ0) is 23.1. The Kier molecular flexibility index (Phi) is 4.85. The summed E-state index contributed by atoms with van der Waals surface area (Å²) in [6.07, 6.45) is 9.17. The van der Waals surface area contributed by atoms with Crippen LogP contribution in [0.4, 0.5) is 0 Å². The SMILES string of the molecule is CN(C)Cc1cncc(-c2ccc3[nH]nc(-c4nc5c(-c6cccnc6)ccnc5[nH]4)c3c2)c1. The van der Waals surface area contributed by atoms with Crippen LogP contribution in [0.15, 0.2) is 73.4 Å². The molecule has 0 bridgehead atoms. The molecule has 5 aromatic heterocycles. The number of aromatic nitrogens is 7. The highest BCUT2D eigenvalue weighted by molar-refractivity contribution is 5.97. The van der Waals surface area contributed by atoms with E-state index in [-0.39, 0.29) is 0 Å². The molecule has 2 N–H and O–H groups in total. The quantitative estimate of drug-likeness (QED) is 0.399. The lowest BCUT2D eigenvalue weighted by molar-refractivity contribution is 0.402. The highest BCUT2D eigenvalue weighted by Gasteiger charge is 2.16. The molecule has 0 aliphatic rings. The van der Waals surface area contributed by atoms with E-state index in [1.54, 1.807) is 12.4 Å². The Labute approximate surface area is 195 Å². The number of hydrogen-bond donors (Lipinski definition) is 2. The molecule has 0 radical (unpaired) electrons. The third-order valence-electron chi connectivity index (χ3n) is 5.77. The molecule has 0 saturated carbocycles. The van der Waals surface area contributed by atoms with E-state index in [9.17, 15) is 0 Å². The number of H-pyrrole nitrogens is 2. The fraction of sp³-hybridized carbons (Fsp3) is 0.115. The maximum Gasteiger partial charge on any atom is 0.160 e. The van der Waals surface area contributed by atoms with Crippen LogP contribution in [0.1, 0.15) is 5.56 Å². The maximum atomic E-state index is 4.88. The number of nitrogens with zero attached hydrogens (tertiary/aromatic N) is 6. The van der Waals surface area contributed by atoms with Crippen LogP contribution in [0.2, 0.25) is 0 Å². The van der Waals surface area contributed by atoms with Crippen molar-refractivity contribution < 1.29 is 0 Å². The summed E-state index contributed by atoms with van der Waals surface area (Å²) in [7, 11) is 4.11. The van der Waals surface area contributed by atoms with Gasteiger partial charge in [-0.2, -0.15) is 5.10 Å². The van der Waals surface area contributed by atoms with Crippen LogP contribution < -0.4 is 0 Å². The van der Waals surface area contributed by atoms with Gasteiger partial charge in [0.25, 0.3) is 0 Å². The zero-order valence-corrected chi connectivity index (χ0v) is 18.8. The molecule has 34 heavy (non-hydrogen) atoms. The number of benzene rings is 1. The molecule has 166 valence electrons. The van der Waals surface area contributed by atoms with Gasteiger partial charge in [0, 0.05) is 59.6 Å². The second-order valence-corrected chi connectivity index (χ2v) is 8.54. The van der Waals surface area contributed by atoms with Crippen molar-refractivity contribution in [1.82, 2.24) is 40.0 Å². The standard InChI is InChI=1S/C26H22N8/c1-34(2)15-16-10-19(14-28-12-16)17-5-6-22-21(11-17)24(33-32-22)26-30-23-20(7-9-29-25(23)31-26)18-4-3-8-27-13-18/h3-14H,15H2,1-2H3,(H,32,33)(H,29,30,31). The highest BCUT2D eigenvalue weighted by atomic mass is 15.1. The van der Waals surface area contributed by atoms with Crippen LogP contribution in [0.25, 0.3) is 55.8 Å². The summed E-state index contributed by atoms with van der Waals surface area (Å²) in [5.74, 6) is 0.668. The molecular weight excluding hydrogens is 424 g/mol. The Hall–Kier alpha value is -4.43. The number of rotatable bonds is 5. The van der Waals surface area contributed by atoms with Gasteiger partial charge in [0.2, 0.25) is 0 Å². The minimum Gasteiger partial charge on any atom is -0.321 e. The molecule has 6 rings (SSSR count). The molecule has 0 aliphatic carbocycles. The first kappa shape index (κ1) is 20.2. The molecule has 0 aliphatic heterocycles. The van der Waals surface area contributed by atoms with Crippen LogP contribution >= 0.6 is 0 Å². The number of hydrogen-bond acceptors (Lipinski definition) is 6. The molecule has 0 saturated heterocycles. The number of pyridine rings is 3. The normalized spacial score (nSPS) is 11.6. The highest BCUT2D eigenvalue weighted by Crippen LogP contribution is 2.32. The van der Waals surface area contributed by atoms with E-state index in [2.05, 4.69) is 67.3 Å². The Morgan fingerprint density at radius 1 is 0.882 bits per heavy atom. The lowest BCUT2D eigenvalue weighted by atomic mass is 10.0. The van der Waals surface area contributed by atoms with Gasteiger partial charge >= 0.3 is 0 Å². The fourth-order valence-electron chi connectivity index (χ4n) is 4.25. The van der Waals surface area contributed by atoms with Crippen molar-refractivity contribution in [3.05, 3.63) is 79.0 Å². The number of aromatic amines is 2.